The molecule has 0 fully saturated rings. The van der Waals surface area contributed by atoms with E-state index < -0.39 is 6.04 Å². The minimum atomic E-state index is -0.711. The van der Waals surface area contributed by atoms with Crippen molar-refractivity contribution in [1.29, 1.82) is 0 Å². The molecule has 0 aliphatic heterocycles. The van der Waals surface area contributed by atoms with Gasteiger partial charge in [0.05, 0.1) is 6.04 Å². The fourth-order valence-corrected chi connectivity index (χ4v) is 3.37. The summed E-state index contributed by atoms with van der Waals surface area (Å²) >= 11 is 1.61. The molecule has 0 saturated carbocycles. The van der Waals surface area contributed by atoms with Crippen LogP contribution in [0, 0.1) is 0 Å². The molecule has 0 aliphatic carbocycles. The summed E-state index contributed by atoms with van der Waals surface area (Å²) in [6.07, 6.45) is 2.13. The molecule has 1 heterocycles. The molecule has 1 atom stereocenters. The minimum absolute atomic E-state index is 0.0312. The van der Waals surface area contributed by atoms with Crippen LogP contribution in [0.2, 0.25) is 0 Å². The second-order valence-electron chi connectivity index (χ2n) is 6.19. The Hall–Kier alpha value is -1.82. The van der Waals surface area contributed by atoms with Crippen LogP contribution in [0.5, 0.6) is 0 Å². The number of rotatable bonds is 12. The van der Waals surface area contributed by atoms with E-state index >= 15 is 0 Å². The number of hydrogen-bond acceptors (Lipinski definition) is 5. The summed E-state index contributed by atoms with van der Waals surface area (Å²) in [6.45, 7) is 5.11. The Labute approximate surface area is 153 Å². The lowest BCUT2D eigenvalue weighted by molar-refractivity contribution is -0.140. The van der Waals surface area contributed by atoms with Crippen molar-refractivity contribution in [2.75, 3.05) is 6.54 Å². The normalized spacial score (nSPS) is 11.8. The van der Waals surface area contributed by atoms with E-state index in [4.69, 9.17) is 0 Å². The predicted molar refractivity (Wildman–Crippen MR) is 98.7 cm³/mol. The Balaban J connectivity index is 2.74. The number of carbonyl (C=O) groups excluding carboxylic acids is 4. The van der Waals surface area contributed by atoms with Gasteiger partial charge >= 0.3 is 0 Å². The predicted octanol–water partition coefficient (Wildman–Crippen LogP) is 3.21. The number of hydrogen-bond donors (Lipinski definition) is 0. The molecule has 0 aromatic carbocycles. The molecule has 0 saturated heterocycles. The standard InChI is InChI=1S/C19H27NO4S/c1-4-19(24)20(11-10-17-9-6-12-25-17)18(15(3)22)13-16(23)8-5-7-14(2)21/h6,9,12,18H,4-5,7-8,10-11,13H2,1-3H3. The van der Waals surface area contributed by atoms with E-state index in [1.807, 2.05) is 17.5 Å². The zero-order valence-corrected chi connectivity index (χ0v) is 16.1. The molecule has 0 radical (unpaired) electrons. The van der Waals surface area contributed by atoms with Gasteiger partial charge in [0, 0.05) is 37.1 Å². The van der Waals surface area contributed by atoms with E-state index in [1.54, 1.807) is 23.2 Å². The molecule has 0 N–H and O–H groups in total. The summed E-state index contributed by atoms with van der Waals surface area (Å²) < 4.78 is 0. The lowest BCUT2D eigenvalue weighted by Crippen LogP contribution is -2.46. The number of carbonyl (C=O) groups is 4. The van der Waals surface area contributed by atoms with Crippen molar-refractivity contribution in [3.63, 3.8) is 0 Å². The highest BCUT2D eigenvalue weighted by atomic mass is 32.1. The molecule has 1 aromatic heterocycles. The summed E-state index contributed by atoms with van der Waals surface area (Å²) in [5.41, 5.74) is 0. The van der Waals surface area contributed by atoms with Crippen molar-refractivity contribution in [3.8, 4) is 0 Å². The van der Waals surface area contributed by atoms with Crippen LogP contribution in [0.25, 0.3) is 0 Å². The Bertz CT molecular complexity index is 595. The molecule has 6 heteroatoms. The number of nitrogens with zero attached hydrogens (tertiary/aromatic N) is 1. The summed E-state index contributed by atoms with van der Waals surface area (Å²) in [5, 5.41) is 1.97. The Morgan fingerprint density at radius 1 is 1.16 bits per heavy atom. The highest BCUT2D eigenvalue weighted by molar-refractivity contribution is 7.09. The summed E-state index contributed by atoms with van der Waals surface area (Å²) in [5.74, 6) is -0.317. The number of Topliss-reactive ketones (excluding diaryl/α,β-unsaturated/α-hetero) is 3. The fourth-order valence-electron chi connectivity index (χ4n) is 2.67. The van der Waals surface area contributed by atoms with E-state index in [0.717, 1.165) is 4.88 Å². The molecule has 0 spiro atoms. The van der Waals surface area contributed by atoms with Crippen molar-refractivity contribution in [2.45, 2.75) is 65.3 Å². The van der Waals surface area contributed by atoms with Crippen molar-refractivity contribution in [3.05, 3.63) is 22.4 Å². The third-order valence-electron chi connectivity index (χ3n) is 4.05. The summed E-state index contributed by atoms with van der Waals surface area (Å²) in [4.78, 5) is 50.3. The largest absolute Gasteiger partial charge is 0.332 e. The highest BCUT2D eigenvalue weighted by Crippen LogP contribution is 2.15. The minimum Gasteiger partial charge on any atom is -0.332 e. The zero-order chi connectivity index (χ0) is 18.8. The van der Waals surface area contributed by atoms with Gasteiger partial charge in [-0.2, -0.15) is 0 Å². The second-order valence-corrected chi connectivity index (χ2v) is 7.23. The van der Waals surface area contributed by atoms with Crippen LogP contribution in [0.1, 0.15) is 57.8 Å². The van der Waals surface area contributed by atoms with E-state index in [-0.39, 0.29) is 36.1 Å². The maximum Gasteiger partial charge on any atom is 0.222 e. The maximum absolute atomic E-state index is 12.3. The van der Waals surface area contributed by atoms with Crippen molar-refractivity contribution >= 4 is 34.6 Å². The van der Waals surface area contributed by atoms with Gasteiger partial charge in [-0.3, -0.25) is 14.4 Å². The molecule has 5 nitrogen and oxygen atoms in total. The first kappa shape index (κ1) is 21.2. The first-order valence-electron chi connectivity index (χ1n) is 8.68. The molecule has 1 amide bonds. The lowest BCUT2D eigenvalue weighted by Gasteiger charge is -2.29. The Kier molecular flexibility index (Phi) is 9.27. The van der Waals surface area contributed by atoms with Crippen LogP contribution >= 0.6 is 11.3 Å². The van der Waals surface area contributed by atoms with Gasteiger partial charge in [-0.15, -0.1) is 11.3 Å². The van der Waals surface area contributed by atoms with Crippen LogP contribution in [0.15, 0.2) is 17.5 Å². The van der Waals surface area contributed by atoms with Gasteiger partial charge < -0.3 is 9.69 Å². The molecule has 0 aliphatic rings. The van der Waals surface area contributed by atoms with Crippen LogP contribution in [0.4, 0.5) is 0 Å². The first-order chi connectivity index (χ1) is 11.8. The molecule has 1 unspecified atom stereocenters. The van der Waals surface area contributed by atoms with E-state index in [1.165, 1.54) is 13.8 Å². The third-order valence-corrected chi connectivity index (χ3v) is 4.99. The van der Waals surface area contributed by atoms with Crippen LogP contribution in [-0.4, -0.2) is 40.7 Å². The topological polar surface area (TPSA) is 71.5 Å². The van der Waals surface area contributed by atoms with Gasteiger partial charge in [0.25, 0.3) is 0 Å². The molecule has 1 aromatic rings. The average molecular weight is 365 g/mol. The highest BCUT2D eigenvalue weighted by Gasteiger charge is 2.28. The first-order valence-corrected chi connectivity index (χ1v) is 9.56. The van der Waals surface area contributed by atoms with Crippen LogP contribution in [0.3, 0.4) is 0 Å². The van der Waals surface area contributed by atoms with E-state index in [0.29, 0.717) is 32.2 Å². The monoisotopic (exact) mass is 365 g/mol. The number of amides is 1. The smallest absolute Gasteiger partial charge is 0.222 e. The van der Waals surface area contributed by atoms with Gasteiger partial charge in [0.2, 0.25) is 5.91 Å². The summed E-state index contributed by atoms with van der Waals surface area (Å²) in [7, 11) is 0. The fraction of sp³-hybridized carbons (Fsp3) is 0.579. The van der Waals surface area contributed by atoms with Gasteiger partial charge in [-0.1, -0.05) is 13.0 Å². The van der Waals surface area contributed by atoms with E-state index in [9.17, 15) is 19.2 Å². The van der Waals surface area contributed by atoms with Crippen LogP contribution < -0.4 is 0 Å². The number of thiophene rings is 1. The molecule has 0 bridgehead atoms. The average Bonchev–Trinajstić information content (AvgIpc) is 3.06. The quantitative estimate of drug-likeness (QED) is 0.570. The van der Waals surface area contributed by atoms with Crippen molar-refractivity contribution in [1.82, 2.24) is 4.90 Å². The molecule has 25 heavy (non-hydrogen) atoms. The van der Waals surface area contributed by atoms with Gasteiger partial charge in [-0.25, -0.2) is 0 Å². The molecule has 138 valence electrons. The third kappa shape index (κ3) is 7.73. The van der Waals surface area contributed by atoms with E-state index in [2.05, 4.69) is 0 Å². The Morgan fingerprint density at radius 2 is 1.88 bits per heavy atom. The maximum atomic E-state index is 12.3. The number of ketones is 3. The van der Waals surface area contributed by atoms with Gasteiger partial charge in [-0.05, 0) is 38.1 Å². The second kappa shape index (κ2) is 10.9. The van der Waals surface area contributed by atoms with Gasteiger partial charge in [0.1, 0.15) is 11.6 Å². The van der Waals surface area contributed by atoms with Crippen molar-refractivity contribution < 1.29 is 19.2 Å². The lowest BCUT2D eigenvalue weighted by atomic mass is 10.0. The van der Waals surface area contributed by atoms with Crippen LogP contribution in [-0.2, 0) is 25.6 Å². The molecular weight excluding hydrogens is 338 g/mol. The SMILES string of the molecule is CCC(=O)N(CCc1cccs1)C(CC(=O)CCCC(C)=O)C(C)=O. The molecular formula is C19H27NO4S. The molecule has 1 rings (SSSR count). The van der Waals surface area contributed by atoms with Crippen molar-refractivity contribution in [2.24, 2.45) is 0 Å². The summed E-state index contributed by atoms with van der Waals surface area (Å²) in [6, 6.07) is 3.24. The Morgan fingerprint density at radius 3 is 2.40 bits per heavy atom. The van der Waals surface area contributed by atoms with Gasteiger partial charge in [0.15, 0.2) is 5.78 Å². The zero-order valence-electron chi connectivity index (χ0n) is 15.2.